The van der Waals surface area contributed by atoms with Crippen LogP contribution in [0.4, 0.5) is 4.79 Å². The van der Waals surface area contributed by atoms with Gasteiger partial charge in [0.15, 0.2) is 0 Å². The summed E-state index contributed by atoms with van der Waals surface area (Å²) in [5.41, 5.74) is 0.866. The Morgan fingerprint density at radius 3 is 2.57 bits per heavy atom. The van der Waals surface area contributed by atoms with E-state index < -0.39 is 0 Å². The fraction of sp³-hybridized carbons (Fsp3) is 0.600. The van der Waals surface area contributed by atoms with Crippen LogP contribution < -0.4 is 20.1 Å². The van der Waals surface area contributed by atoms with Gasteiger partial charge in [-0.15, -0.1) is 0 Å². The van der Waals surface area contributed by atoms with E-state index >= 15 is 0 Å². The largest absolute Gasteiger partial charge is 0.497 e. The normalized spacial score (nSPS) is 18.6. The Kier molecular flexibility index (Phi) is 8.38. The predicted octanol–water partition coefficient (Wildman–Crippen LogP) is 1.60. The third-order valence-electron chi connectivity index (χ3n) is 4.93. The third-order valence-corrected chi connectivity index (χ3v) is 4.93. The number of benzene rings is 1. The zero-order chi connectivity index (χ0) is 20.5. The number of carbonyl (C=O) groups excluding carboxylic acids is 2. The van der Waals surface area contributed by atoms with E-state index in [4.69, 9.17) is 14.2 Å². The van der Waals surface area contributed by atoms with Crippen molar-refractivity contribution in [1.29, 1.82) is 0 Å². The van der Waals surface area contributed by atoms with Gasteiger partial charge in [-0.1, -0.05) is 0 Å². The van der Waals surface area contributed by atoms with Gasteiger partial charge in [0, 0.05) is 51.4 Å². The van der Waals surface area contributed by atoms with E-state index in [0.717, 1.165) is 12.0 Å². The van der Waals surface area contributed by atoms with Gasteiger partial charge in [0.05, 0.1) is 20.1 Å². The molecule has 1 heterocycles. The second-order valence-corrected chi connectivity index (χ2v) is 6.70. The second kappa shape index (κ2) is 10.8. The molecule has 156 valence electrons. The smallest absolute Gasteiger partial charge is 0.317 e. The average Bonchev–Trinajstić information content (AvgIpc) is 3.16. The standard InChI is InChI=1S/C20H31N3O5/c1-5-21-20(25)23-12-16(15-11-14(27-3)7-8-18(15)28-4)17(13-23)19(24)22-9-6-10-26-2/h7-8,11,16-17H,5-6,9-10,12-13H2,1-4H3,(H,21,25)(H,22,24)/t16-,17+/m0/s1. The predicted molar refractivity (Wildman–Crippen MR) is 106 cm³/mol. The minimum absolute atomic E-state index is 0.0715. The van der Waals surface area contributed by atoms with E-state index in [0.29, 0.717) is 44.3 Å². The van der Waals surface area contributed by atoms with Crippen LogP contribution in [-0.4, -0.2) is 71.0 Å². The summed E-state index contributed by atoms with van der Waals surface area (Å²) in [7, 11) is 4.83. The van der Waals surface area contributed by atoms with E-state index in [1.54, 1.807) is 26.2 Å². The zero-order valence-corrected chi connectivity index (χ0v) is 17.1. The lowest BCUT2D eigenvalue weighted by Crippen LogP contribution is -2.40. The number of hydrogen-bond acceptors (Lipinski definition) is 5. The first-order valence-corrected chi connectivity index (χ1v) is 9.57. The number of carbonyl (C=O) groups is 2. The molecule has 1 aromatic carbocycles. The molecular weight excluding hydrogens is 362 g/mol. The highest BCUT2D eigenvalue weighted by Gasteiger charge is 2.41. The van der Waals surface area contributed by atoms with Crippen LogP contribution >= 0.6 is 0 Å². The number of nitrogens with one attached hydrogen (secondary N) is 2. The number of methoxy groups -OCH3 is 3. The summed E-state index contributed by atoms with van der Waals surface area (Å²) in [6.07, 6.45) is 0.738. The number of likely N-dealkylation sites (tertiary alicyclic amines) is 1. The monoisotopic (exact) mass is 393 g/mol. The zero-order valence-electron chi connectivity index (χ0n) is 17.1. The van der Waals surface area contributed by atoms with E-state index in [1.165, 1.54) is 0 Å². The molecule has 0 aromatic heterocycles. The van der Waals surface area contributed by atoms with Crippen molar-refractivity contribution < 1.29 is 23.8 Å². The SMILES string of the molecule is CCNC(=O)N1C[C@@H](C(=O)NCCCOC)[C@H](c2cc(OC)ccc2OC)C1. The molecule has 2 N–H and O–H groups in total. The Labute approximate surface area is 166 Å². The Morgan fingerprint density at radius 2 is 1.93 bits per heavy atom. The Bertz CT molecular complexity index is 667. The maximum atomic E-state index is 12.9. The molecule has 1 saturated heterocycles. The van der Waals surface area contributed by atoms with E-state index in [1.807, 2.05) is 25.1 Å². The van der Waals surface area contributed by atoms with E-state index in [9.17, 15) is 9.59 Å². The number of hydrogen-bond donors (Lipinski definition) is 2. The van der Waals surface area contributed by atoms with Crippen molar-refractivity contribution in [1.82, 2.24) is 15.5 Å². The van der Waals surface area contributed by atoms with Gasteiger partial charge in [0.2, 0.25) is 5.91 Å². The van der Waals surface area contributed by atoms with Crippen LogP contribution in [0.3, 0.4) is 0 Å². The highest BCUT2D eigenvalue weighted by molar-refractivity contribution is 5.83. The topological polar surface area (TPSA) is 89.1 Å². The molecule has 1 aliphatic heterocycles. The fourth-order valence-electron chi connectivity index (χ4n) is 3.50. The summed E-state index contributed by atoms with van der Waals surface area (Å²) in [5.74, 6) is 0.742. The maximum absolute atomic E-state index is 12.9. The molecule has 28 heavy (non-hydrogen) atoms. The summed E-state index contributed by atoms with van der Waals surface area (Å²) in [5, 5.41) is 5.78. The molecule has 1 aromatic rings. The molecule has 1 aliphatic rings. The molecule has 0 unspecified atom stereocenters. The van der Waals surface area contributed by atoms with Gasteiger partial charge in [-0.3, -0.25) is 4.79 Å². The summed E-state index contributed by atoms with van der Waals surface area (Å²) >= 11 is 0. The number of rotatable bonds is 9. The minimum Gasteiger partial charge on any atom is -0.497 e. The molecule has 1 fully saturated rings. The van der Waals surface area contributed by atoms with Gasteiger partial charge in [0.25, 0.3) is 0 Å². The number of urea groups is 1. The maximum Gasteiger partial charge on any atom is 0.317 e. The van der Waals surface area contributed by atoms with Crippen molar-refractivity contribution in [2.45, 2.75) is 19.3 Å². The quantitative estimate of drug-likeness (QED) is 0.622. The molecule has 0 spiro atoms. The van der Waals surface area contributed by atoms with Crippen LogP contribution in [-0.2, 0) is 9.53 Å². The van der Waals surface area contributed by atoms with Crippen molar-refractivity contribution in [3.05, 3.63) is 23.8 Å². The minimum atomic E-state index is -0.369. The van der Waals surface area contributed by atoms with Crippen molar-refractivity contribution in [3.63, 3.8) is 0 Å². The molecule has 8 heteroatoms. The summed E-state index contributed by atoms with van der Waals surface area (Å²) in [6.45, 7) is 4.32. The van der Waals surface area contributed by atoms with Crippen molar-refractivity contribution in [3.8, 4) is 11.5 Å². The van der Waals surface area contributed by atoms with E-state index in [2.05, 4.69) is 10.6 Å². The first-order valence-electron chi connectivity index (χ1n) is 9.57. The first kappa shape index (κ1) is 21.8. The molecule has 2 rings (SSSR count). The Balaban J connectivity index is 2.26. The van der Waals surface area contributed by atoms with Crippen LogP contribution in [0.5, 0.6) is 11.5 Å². The molecule has 3 amide bonds. The van der Waals surface area contributed by atoms with Crippen LogP contribution in [0.15, 0.2) is 18.2 Å². The van der Waals surface area contributed by atoms with Gasteiger partial charge in [-0.2, -0.15) is 0 Å². The Hall–Kier alpha value is -2.48. The van der Waals surface area contributed by atoms with Crippen molar-refractivity contribution in [2.24, 2.45) is 5.92 Å². The number of amides is 3. The highest BCUT2D eigenvalue weighted by atomic mass is 16.5. The van der Waals surface area contributed by atoms with Gasteiger partial charge < -0.3 is 29.7 Å². The third kappa shape index (κ3) is 5.28. The lowest BCUT2D eigenvalue weighted by atomic mass is 9.87. The van der Waals surface area contributed by atoms with Crippen LogP contribution in [0.1, 0.15) is 24.8 Å². The highest BCUT2D eigenvalue weighted by Crippen LogP contribution is 2.39. The molecule has 0 bridgehead atoms. The lowest BCUT2D eigenvalue weighted by molar-refractivity contribution is -0.124. The second-order valence-electron chi connectivity index (χ2n) is 6.70. The Morgan fingerprint density at radius 1 is 1.14 bits per heavy atom. The number of nitrogens with zero attached hydrogens (tertiary/aromatic N) is 1. The fourth-order valence-corrected chi connectivity index (χ4v) is 3.50. The molecule has 0 saturated carbocycles. The van der Waals surface area contributed by atoms with Gasteiger partial charge in [-0.25, -0.2) is 4.79 Å². The molecule has 8 nitrogen and oxygen atoms in total. The van der Waals surface area contributed by atoms with Crippen molar-refractivity contribution >= 4 is 11.9 Å². The van der Waals surface area contributed by atoms with Crippen molar-refractivity contribution in [2.75, 3.05) is 54.1 Å². The molecular formula is C20H31N3O5. The first-order chi connectivity index (χ1) is 13.5. The van der Waals surface area contributed by atoms with Gasteiger partial charge in [-0.05, 0) is 31.5 Å². The summed E-state index contributed by atoms with van der Waals surface area (Å²) in [4.78, 5) is 27.0. The van der Waals surface area contributed by atoms with E-state index in [-0.39, 0.29) is 23.8 Å². The molecule has 2 atom stereocenters. The summed E-state index contributed by atoms with van der Waals surface area (Å²) in [6, 6.07) is 5.37. The van der Waals surface area contributed by atoms with Crippen LogP contribution in [0, 0.1) is 5.92 Å². The van der Waals surface area contributed by atoms with Crippen LogP contribution in [0.2, 0.25) is 0 Å². The van der Waals surface area contributed by atoms with Gasteiger partial charge >= 0.3 is 6.03 Å². The summed E-state index contributed by atoms with van der Waals surface area (Å²) < 4.78 is 15.9. The van der Waals surface area contributed by atoms with Gasteiger partial charge in [0.1, 0.15) is 11.5 Å². The molecule has 0 aliphatic carbocycles. The lowest BCUT2D eigenvalue weighted by Gasteiger charge is -2.21. The molecule has 0 radical (unpaired) electrons. The number of ether oxygens (including phenoxy) is 3. The van der Waals surface area contributed by atoms with Crippen LogP contribution in [0.25, 0.3) is 0 Å². The average molecular weight is 393 g/mol.